The van der Waals surface area contributed by atoms with Gasteiger partial charge in [0.2, 0.25) is 5.43 Å². The molecular weight excluding hydrogens is 292 g/mol. The van der Waals surface area contributed by atoms with Crippen molar-refractivity contribution in [3.8, 4) is 5.75 Å². The predicted octanol–water partition coefficient (Wildman–Crippen LogP) is 1.96. The molecule has 0 bridgehead atoms. The summed E-state index contributed by atoms with van der Waals surface area (Å²) >= 11 is 0. The summed E-state index contributed by atoms with van der Waals surface area (Å²) in [6.45, 7) is 3.68. The zero-order chi connectivity index (χ0) is 15.5. The van der Waals surface area contributed by atoms with E-state index >= 15 is 0 Å². The van der Waals surface area contributed by atoms with Crippen LogP contribution in [-0.2, 0) is 10.0 Å². The Kier molecular flexibility index (Phi) is 4.32. The van der Waals surface area contributed by atoms with Gasteiger partial charge in [-0.3, -0.25) is 9.52 Å². The Balaban J connectivity index is 2.38. The van der Waals surface area contributed by atoms with Crippen LogP contribution in [0.5, 0.6) is 5.75 Å². The van der Waals surface area contributed by atoms with Crippen LogP contribution in [-0.4, -0.2) is 19.5 Å². The molecule has 1 heterocycles. The van der Waals surface area contributed by atoms with Crippen molar-refractivity contribution < 1.29 is 13.2 Å². The van der Waals surface area contributed by atoms with Crippen LogP contribution in [0.2, 0.25) is 0 Å². The first-order chi connectivity index (χ1) is 9.90. The molecule has 0 fully saturated rings. The van der Waals surface area contributed by atoms with Crippen LogP contribution in [0, 0.1) is 0 Å². The zero-order valence-electron chi connectivity index (χ0n) is 11.7. The van der Waals surface area contributed by atoms with E-state index in [2.05, 4.69) is 9.71 Å². The summed E-state index contributed by atoms with van der Waals surface area (Å²) in [5.74, 6) is 0.406. The normalized spacial score (nSPS) is 11.4. The number of nitrogens with one attached hydrogen (secondary N) is 2. The number of H-pyrrole nitrogens is 1. The van der Waals surface area contributed by atoms with Gasteiger partial charge in [-0.25, -0.2) is 8.42 Å². The molecule has 0 saturated heterocycles. The first-order valence-electron chi connectivity index (χ1n) is 6.36. The quantitative estimate of drug-likeness (QED) is 0.884. The topological polar surface area (TPSA) is 88.3 Å². The smallest absolute Gasteiger partial charge is 0.267 e. The van der Waals surface area contributed by atoms with E-state index in [1.165, 1.54) is 6.20 Å². The van der Waals surface area contributed by atoms with E-state index in [0.717, 1.165) is 12.3 Å². The maximum atomic E-state index is 12.3. The Morgan fingerprint density at radius 1 is 1.19 bits per heavy atom. The van der Waals surface area contributed by atoms with Crippen LogP contribution in [0.4, 0.5) is 5.69 Å². The van der Waals surface area contributed by atoms with Crippen LogP contribution in [0.15, 0.2) is 52.4 Å². The third kappa shape index (κ3) is 3.63. The molecular formula is C14H16N2O4S. The third-order valence-corrected chi connectivity index (χ3v) is 3.96. The lowest BCUT2D eigenvalue weighted by molar-refractivity contribution is 0.244. The minimum absolute atomic E-state index is 0.101. The van der Waals surface area contributed by atoms with Crippen LogP contribution < -0.4 is 14.9 Å². The summed E-state index contributed by atoms with van der Waals surface area (Å²) in [7, 11) is -3.98. The maximum absolute atomic E-state index is 12.3. The van der Waals surface area contributed by atoms with Gasteiger partial charge in [-0.1, -0.05) is 12.1 Å². The molecule has 0 aliphatic heterocycles. The second-order valence-electron chi connectivity index (χ2n) is 4.64. The molecule has 1 aromatic carbocycles. The highest BCUT2D eigenvalue weighted by atomic mass is 32.2. The standard InChI is InChI=1S/C14H16N2O4S/c1-10(2)20-13-6-4-3-5-11(13)16-21(18,19)14-9-15-8-7-12(14)17/h3-10,16H,1-2H3,(H,15,17). The summed E-state index contributed by atoms with van der Waals surface area (Å²) in [6.07, 6.45) is 2.42. The molecule has 21 heavy (non-hydrogen) atoms. The van der Waals surface area contributed by atoms with E-state index in [9.17, 15) is 13.2 Å². The summed E-state index contributed by atoms with van der Waals surface area (Å²) in [5.41, 5.74) is -0.294. The number of ether oxygens (including phenoxy) is 1. The van der Waals surface area contributed by atoms with E-state index in [0.29, 0.717) is 5.75 Å². The first kappa shape index (κ1) is 15.1. The van der Waals surface area contributed by atoms with E-state index in [1.807, 2.05) is 13.8 Å². The van der Waals surface area contributed by atoms with Gasteiger partial charge in [-0.05, 0) is 26.0 Å². The van der Waals surface area contributed by atoms with Gasteiger partial charge in [-0.15, -0.1) is 0 Å². The van der Waals surface area contributed by atoms with Crippen molar-refractivity contribution in [1.29, 1.82) is 0 Å². The van der Waals surface area contributed by atoms with Crippen LogP contribution in [0.25, 0.3) is 0 Å². The van der Waals surface area contributed by atoms with E-state index < -0.39 is 15.5 Å². The van der Waals surface area contributed by atoms with Gasteiger partial charge in [-0.2, -0.15) is 0 Å². The zero-order valence-corrected chi connectivity index (χ0v) is 12.5. The molecule has 0 aliphatic carbocycles. The number of anilines is 1. The number of hydrogen-bond acceptors (Lipinski definition) is 4. The Morgan fingerprint density at radius 2 is 1.90 bits per heavy atom. The lowest BCUT2D eigenvalue weighted by atomic mass is 10.3. The summed E-state index contributed by atoms with van der Waals surface area (Å²) in [5, 5.41) is 0. The Labute approximate surface area is 122 Å². The molecule has 0 atom stereocenters. The highest BCUT2D eigenvalue weighted by Gasteiger charge is 2.19. The van der Waals surface area contributed by atoms with Crippen molar-refractivity contribution in [1.82, 2.24) is 4.98 Å². The van der Waals surface area contributed by atoms with E-state index in [1.54, 1.807) is 24.3 Å². The molecule has 0 unspecified atom stereocenters. The van der Waals surface area contributed by atoms with Crippen molar-refractivity contribution >= 4 is 15.7 Å². The van der Waals surface area contributed by atoms with Crippen molar-refractivity contribution in [2.75, 3.05) is 4.72 Å². The lowest BCUT2D eigenvalue weighted by Gasteiger charge is -2.15. The number of rotatable bonds is 5. The molecule has 0 saturated carbocycles. The highest BCUT2D eigenvalue weighted by molar-refractivity contribution is 7.92. The van der Waals surface area contributed by atoms with Crippen molar-refractivity contribution in [3.05, 3.63) is 52.9 Å². The van der Waals surface area contributed by atoms with Crippen molar-refractivity contribution in [3.63, 3.8) is 0 Å². The summed E-state index contributed by atoms with van der Waals surface area (Å²) in [6, 6.07) is 7.82. The minimum atomic E-state index is -3.98. The monoisotopic (exact) mass is 308 g/mol. The maximum Gasteiger partial charge on any atom is 0.267 e. The average Bonchev–Trinajstić information content (AvgIpc) is 2.40. The lowest BCUT2D eigenvalue weighted by Crippen LogP contribution is -2.21. The average molecular weight is 308 g/mol. The molecule has 112 valence electrons. The van der Waals surface area contributed by atoms with Crippen molar-refractivity contribution in [2.24, 2.45) is 0 Å². The fourth-order valence-corrected chi connectivity index (χ4v) is 2.84. The van der Waals surface area contributed by atoms with E-state index in [4.69, 9.17) is 4.74 Å². The molecule has 0 spiro atoms. The molecule has 1 aromatic heterocycles. The number of sulfonamides is 1. The Bertz CT molecular complexity index is 781. The number of hydrogen-bond donors (Lipinski definition) is 2. The minimum Gasteiger partial charge on any atom is -0.489 e. The number of aromatic nitrogens is 1. The van der Waals surface area contributed by atoms with Gasteiger partial charge in [0.25, 0.3) is 10.0 Å². The Morgan fingerprint density at radius 3 is 2.57 bits per heavy atom. The molecule has 0 aliphatic rings. The molecule has 2 aromatic rings. The molecule has 2 N–H and O–H groups in total. The molecule has 7 heteroatoms. The van der Waals surface area contributed by atoms with Gasteiger partial charge in [0.1, 0.15) is 5.75 Å². The van der Waals surface area contributed by atoms with Crippen LogP contribution in [0.3, 0.4) is 0 Å². The van der Waals surface area contributed by atoms with Crippen molar-refractivity contribution in [2.45, 2.75) is 24.8 Å². The second-order valence-corrected chi connectivity index (χ2v) is 6.29. The third-order valence-electron chi connectivity index (χ3n) is 2.57. The Hall–Kier alpha value is -2.28. The van der Waals surface area contributed by atoms with Gasteiger partial charge in [0, 0.05) is 18.5 Å². The number of para-hydroxylation sites is 2. The van der Waals surface area contributed by atoms with Gasteiger partial charge in [0.15, 0.2) is 4.90 Å². The summed E-state index contributed by atoms with van der Waals surface area (Å²) < 4.78 is 32.5. The SMILES string of the molecule is CC(C)Oc1ccccc1NS(=O)(=O)c1c[nH]ccc1=O. The highest BCUT2D eigenvalue weighted by Crippen LogP contribution is 2.26. The number of aromatic amines is 1. The summed E-state index contributed by atoms with van der Waals surface area (Å²) in [4.78, 5) is 13.9. The second kappa shape index (κ2) is 6.01. The molecule has 2 rings (SSSR count). The molecule has 6 nitrogen and oxygen atoms in total. The largest absolute Gasteiger partial charge is 0.489 e. The van der Waals surface area contributed by atoms with Gasteiger partial charge < -0.3 is 9.72 Å². The van der Waals surface area contributed by atoms with E-state index in [-0.39, 0.29) is 16.7 Å². The fraction of sp³-hybridized carbons (Fsp3) is 0.214. The van der Waals surface area contributed by atoms with Crippen LogP contribution >= 0.6 is 0 Å². The molecule has 0 amide bonds. The van der Waals surface area contributed by atoms with Crippen LogP contribution in [0.1, 0.15) is 13.8 Å². The van der Waals surface area contributed by atoms with Gasteiger partial charge in [0.05, 0.1) is 11.8 Å². The first-order valence-corrected chi connectivity index (χ1v) is 7.84. The number of benzene rings is 1. The predicted molar refractivity (Wildman–Crippen MR) is 80.1 cm³/mol. The van der Waals surface area contributed by atoms with Gasteiger partial charge >= 0.3 is 0 Å². The fourth-order valence-electron chi connectivity index (χ4n) is 1.72. The molecule has 0 radical (unpaired) electrons. The number of pyridine rings is 1.